The van der Waals surface area contributed by atoms with Gasteiger partial charge in [-0.05, 0) is 23.3 Å². The summed E-state index contributed by atoms with van der Waals surface area (Å²) in [6.07, 6.45) is -2.32. The van der Waals surface area contributed by atoms with E-state index in [4.69, 9.17) is 9.90 Å². The molecule has 10 heteroatoms. The highest BCUT2D eigenvalue weighted by molar-refractivity contribution is 6.08. The molecule has 2 aromatic carbocycles. The molecule has 0 saturated heterocycles. The largest absolute Gasteiger partial charge is 0.542 e. The molecule has 0 unspecified atom stereocenters. The van der Waals surface area contributed by atoms with Crippen molar-refractivity contribution in [3.63, 3.8) is 0 Å². The minimum atomic E-state index is -5.19. The van der Waals surface area contributed by atoms with Gasteiger partial charge in [-0.15, -0.1) is 0 Å². The quantitative estimate of drug-likeness (QED) is 0.533. The number of alkyl halides is 3. The van der Waals surface area contributed by atoms with Crippen LogP contribution in [-0.4, -0.2) is 51.2 Å². The van der Waals surface area contributed by atoms with E-state index in [0.717, 1.165) is 29.2 Å². The van der Waals surface area contributed by atoms with Crippen LogP contribution in [0.25, 0.3) is 5.57 Å². The van der Waals surface area contributed by atoms with Gasteiger partial charge in [0.15, 0.2) is 5.75 Å². The molecule has 2 N–H and O–H groups in total. The van der Waals surface area contributed by atoms with Crippen LogP contribution < -0.4 is 30.5 Å². The number of aromatic hydroxyl groups is 1. The van der Waals surface area contributed by atoms with Gasteiger partial charge in [0.1, 0.15) is 25.2 Å². The first-order chi connectivity index (χ1) is 15.0. The number of carboxylic acid groups (broad SMARTS) is 1. The fourth-order valence-electron chi connectivity index (χ4n) is 3.44. The zero-order chi connectivity index (χ0) is 23.6. The molecule has 0 atom stereocenters. The lowest BCUT2D eigenvalue weighted by atomic mass is 10.1. The van der Waals surface area contributed by atoms with E-state index in [1.54, 1.807) is 0 Å². The number of hydrogen-bond acceptors (Lipinski definition) is 6. The highest BCUT2D eigenvalue weighted by Crippen LogP contribution is 2.33. The highest BCUT2D eigenvalue weighted by atomic mass is 19.4. The zero-order valence-corrected chi connectivity index (χ0v) is 17.8. The molecule has 0 aliphatic carbocycles. The van der Waals surface area contributed by atoms with E-state index < -0.39 is 12.1 Å². The Kier molecular flexibility index (Phi) is 6.42. The number of nitrogens with zero attached hydrogens (tertiary/aromatic N) is 3. The van der Waals surface area contributed by atoms with Crippen molar-refractivity contribution in [1.29, 1.82) is 0 Å². The minimum Gasteiger partial charge on any atom is -0.542 e. The molecule has 0 radical (unpaired) electrons. The molecule has 0 bridgehead atoms. The van der Waals surface area contributed by atoms with Crippen molar-refractivity contribution in [2.45, 2.75) is 19.1 Å². The number of hydrogen-bond donors (Lipinski definition) is 2. The van der Waals surface area contributed by atoms with Gasteiger partial charge in [0.05, 0.1) is 10.9 Å². The van der Waals surface area contributed by atoms with Crippen molar-refractivity contribution < 1.29 is 28.2 Å². The van der Waals surface area contributed by atoms with E-state index in [1.807, 2.05) is 26.4 Å². The molecule has 170 valence electrons. The molecule has 2 heterocycles. The maximum Gasteiger partial charge on any atom is 0.430 e. The summed E-state index contributed by atoms with van der Waals surface area (Å²) < 4.78 is 33.8. The van der Waals surface area contributed by atoms with Crippen molar-refractivity contribution in [3.8, 4) is 5.75 Å². The summed E-state index contributed by atoms with van der Waals surface area (Å²) in [5.41, 5.74) is 5.00. The Morgan fingerprint density at radius 3 is 2.47 bits per heavy atom. The lowest BCUT2D eigenvalue weighted by Crippen LogP contribution is -2.43. The first-order valence-corrected chi connectivity index (χ1v) is 9.78. The molecule has 7 nitrogen and oxygen atoms in total. The van der Waals surface area contributed by atoms with Crippen LogP contribution in [0.5, 0.6) is 5.75 Å². The van der Waals surface area contributed by atoms with Crippen LogP contribution in [-0.2, 0) is 11.3 Å². The molecule has 2 aliphatic heterocycles. The van der Waals surface area contributed by atoms with Crippen LogP contribution >= 0.6 is 0 Å². The Labute approximate surface area is 182 Å². The van der Waals surface area contributed by atoms with Crippen LogP contribution in [0.4, 0.5) is 30.2 Å². The lowest BCUT2D eigenvalue weighted by molar-refractivity contribution is -0.344. The summed E-state index contributed by atoms with van der Waals surface area (Å²) >= 11 is 0. The maximum atomic E-state index is 10.6. The van der Waals surface area contributed by atoms with Crippen LogP contribution in [0, 0.1) is 0 Å². The Morgan fingerprint density at radius 1 is 1.28 bits per heavy atom. The van der Waals surface area contributed by atoms with Crippen LogP contribution in [0.3, 0.4) is 0 Å². The Morgan fingerprint density at radius 2 is 1.91 bits per heavy atom. The Hall–Kier alpha value is -3.56. The standard InChI is InChI=1S/C20H22N4O.C2HF3O2/c1-23(2)15-6-4-13(5-7-15)11-21-16-10-17-18-14(8-9-24(17)3)12-22-19(18)20(16)25;3-2(4,5)1(6)7/h4-7,10,12H,8-9,11H2,1-3H3,(H,21,22,25);(H,6,7). The van der Waals surface area contributed by atoms with Crippen LogP contribution in [0.1, 0.15) is 12.0 Å². The number of phenolic OH excluding ortho intramolecular Hbond substituents is 1. The smallest absolute Gasteiger partial charge is 0.430 e. The average Bonchev–Trinajstić information content (AvgIpc) is 3.16. The molecule has 0 fully saturated rings. The third-order valence-electron chi connectivity index (χ3n) is 5.22. The molecule has 4 rings (SSSR count). The van der Waals surface area contributed by atoms with E-state index in [1.165, 1.54) is 16.8 Å². The monoisotopic (exact) mass is 448 g/mol. The predicted octanol–water partition coefficient (Wildman–Crippen LogP) is 0.760. The molecule has 32 heavy (non-hydrogen) atoms. The minimum absolute atomic E-state index is 0.241. The predicted molar refractivity (Wildman–Crippen MR) is 115 cm³/mol. The van der Waals surface area contributed by atoms with Gasteiger partial charge >= 0.3 is 6.18 Å². The second-order valence-electron chi connectivity index (χ2n) is 7.67. The van der Waals surface area contributed by atoms with Crippen molar-refractivity contribution >= 4 is 34.8 Å². The molecule has 0 saturated carbocycles. The normalized spacial score (nSPS) is 13.9. The summed E-state index contributed by atoms with van der Waals surface area (Å²) in [4.78, 5) is 15.3. The molecular formula is C22H23F3N4O3. The van der Waals surface area contributed by atoms with Crippen LogP contribution in [0.2, 0.25) is 0 Å². The second-order valence-corrected chi connectivity index (χ2v) is 7.67. The van der Waals surface area contributed by atoms with E-state index in [0.29, 0.717) is 12.2 Å². The number of phenols is 1. The summed E-state index contributed by atoms with van der Waals surface area (Å²) in [6, 6.07) is 10.4. The molecular weight excluding hydrogens is 425 g/mol. The third kappa shape index (κ3) is 4.84. The average molecular weight is 448 g/mol. The number of anilines is 2. The van der Waals surface area contributed by atoms with Crippen molar-refractivity contribution in [1.82, 2.24) is 4.58 Å². The number of carbonyl (C=O) groups excluding carboxylic acids is 1. The molecule has 2 aromatic rings. The fourth-order valence-corrected chi connectivity index (χ4v) is 3.44. The maximum absolute atomic E-state index is 10.6. The van der Waals surface area contributed by atoms with E-state index in [9.17, 15) is 18.3 Å². The Bertz CT molecular complexity index is 1190. The number of nitrogens with one attached hydrogen (secondary N) is 1. The number of benzene rings is 2. The lowest BCUT2D eigenvalue weighted by Gasteiger charge is -2.14. The van der Waals surface area contributed by atoms with Crippen molar-refractivity contribution in [3.05, 3.63) is 46.5 Å². The molecule has 0 spiro atoms. The number of carboxylic acids is 1. The molecule has 0 amide bonds. The molecule has 0 aromatic heterocycles. The summed E-state index contributed by atoms with van der Waals surface area (Å²) in [7, 11) is 6.15. The first-order valence-electron chi connectivity index (χ1n) is 9.78. The van der Waals surface area contributed by atoms with Gasteiger partial charge in [-0.1, -0.05) is 12.1 Å². The van der Waals surface area contributed by atoms with E-state index >= 15 is 0 Å². The highest BCUT2D eigenvalue weighted by Gasteiger charge is 2.29. The summed E-state index contributed by atoms with van der Waals surface area (Å²) in [6.45, 7) is 1.63. The van der Waals surface area contributed by atoms with Crippen molar-refractivity contribution in [2.75, 3.05) is 37.9 Å². The van der Waals surface area contributed by atoms with E-state index in [-0.39, 0.29) is 5.75 Å². The number of halogens is 3. The fraction of sp³-hybridized carbons (Fsp3) is 0.318. The van der Waals surface area contributed by atoms with Gasteiger partial charge in [0.25, 0.3) is 0 Å². The first kappa shape index (κ1) is 23.1. The summed E-state index contributed by atoms with van der Waals surface area (Å²) in [5, 5.41) is 25.0. The third-order valence-corrected chi connectivity index (χ3v) is 5.22. The SMILES string of the molecule is CN(C)c1ccc(CNc2cc3c4c(c2O)N=CC=4CC[N+]=3C)cc1.O=C([O-])C(F)(F)F. The Balaban J connectivity index is 0.000000360. The van der Waals surface area contributed by atoms with Gasteiger partial charge in [-0.25, -0.2) is 4.58 Å². The topological polar surface area (TPSA) is 91.0 Å². The number of rotatable bonds is 4. The van der Waals surface area contributed by atoms with Gasteiger partial charge in [-0.3, -0.25) is 4.99 Å². The van der Waals surface area contributed by atoms with Crippen LogP contribution in [0.15, 0.2) is 35.3 Å². The number of carbonyl (C=O) groups is 1. The molecule has 2 aliphatic rings. The van der Waals surface area contributed by atoms with Gasteiger partial charge < -0.3 is 25.2 Å². The second kappa shape index (κ2) is 8.89. The number of aliphatic carboxylic acids is 1. The van der Waals surface area contributed by atoms with Gasteiger partial charge in [-0.2, -0.15) is 13.2 Å². The van der Waals surface area contributed by atoms with Crippen molar-refractivity contribution in [2.24, 2.45) is 4.99 Å². The van der Waals surface area contributed by atoms with Gasteiger partial charge in [0, 0.05) is 45.0 Å². The zero-order valence-electron chi connectivity index (χ0n) is 17.8. The van der Waals surface area contributed by atoms with E-state index in [2.05, 4.69) is 51.1 Å². The van der Waals surface area contributed by atoms with Gasteiger partial charge in [0.2, 0.25) is 5.36 Å². The number of aliphatic imine (C=N–C) groups is 1. The summed E-state index contributed by atoms with van der Waals surface area (Å²) in [5.74, 6) is -2.77.